The lowest BCUT2D eigenvalue weighted by Crippen LogP contribution is -2.38. The molecule has 0 aromatic carbocycles. The van der Waals surface area contributed by atoms with E-state index in [2.05, 4.69) is 0 Å². The zero-order chi connectivity index (χ0) is 11.3. The van der Waals surface area contributed by atoms with Gasteiger partial charge in [0.1, 0.15) is 5.92 Å². The molecule has 0 radical (unpaired) electrons. The zero-order valence-electron chi connectivity index (χ0n) is 9.15. The van der Waals surface area contributed by atoms with E-state index in [1.54, 1.807) is 6.92 Å². The molecule has 0 aliphatic carbocycles. The molecule has 0 saturated carbocycles. The van der Waals surface area contributed by atoms with Gasteiger partial charge in [0.2, 0.25) is 5.91 Å². The van der Waals surface area contributed by atoms with Crippen LogP contribution in [-0.2, 0) is 4.79 Å². The van der Waals surface area contributed by atoms with Crippen molar-refractivity contribution in [1.29, 1.82) is 5.26 Å². The molecule has 1 aliphatic rings. The van der Waals surface area contributed by atoms with E-state index in [0.29, 0.717) is 0 Å². The summed E-state index contributed by atoms with van der Waals surface area (Å²) in [5.74, 6) is -0.599. The first kappa shape index (κ1) is 12.0. The van der Waals surface area contributed by atoms with Crippen LogP contribution in [0.15, 0.2) is 0 Å². The average molecular weight is 210 g/mol. The number of carbonyl (C=O) groups excluding carboxylic acids is 1. The Hall–Kier alpha value is -1.08. The van der Waals surface area contributed by atoms with Crippen LogP contribution >= 0.6 is 0 Å². The first-order valence-corrected chi connectivity index (χ1v) is 5.51. The molecule has 1 amide bonds. The van der Waals surface area contributed by atoms with Gasteiger partial charge in [0, 0.05) is 19.2 Å². The molecule has 4 nitrogen and oxygen atoms in total. The molecule has 1 saturated heterocycles. The number of hydrogen-bond acceptors (Lipinski definition) is 3. The van der Waals surface area contributed by atoms with Crippen LogP contribution in [0, 0.1) is 17.2 Å². The Balaban J connectivity index is 2.53. The van der Waals surface area contributed by atoms with Crippen molar-refractivity contribution in [3.63, 3.8) is 0 Å². The second-order valence-electron chi connectivity index (χ2n) is 4.04. The Morgan fingerprint density at radius 3 is 3.07 bits per heavy atom. The number of amides is 1. The number of aliphatic hydroxyl groups is 1. The largest absolute Gasteiger partial charge is 0.396 e. The molecule has 1 N–H and O–H groups in total. The molecule has 1 heterocycles. The summed E-state index contributed by atoms with van der Waals surface area (Å²) in [6.07, 6.45) is 3.60. The van der Waals surface area contributed by atoms with Crippen LogP contribution in [0.1, 0.15) is 32.6 Å². The molecule has 1 fully saturated rings. The predicted molar refractivity (Wildman–Crippen MR) is 55.8 cm³/mol. The lowest BCUT2D eigenvalue weighted by atomic mass is 10.1. The van der Waals surface area contributed by atoms with Crippen LogP contribution in [0.4, 0.5) is 0 Å². The number of likely N-dealkylation sites (tertiary alicyclic amines) is 1. The molecule has 1 rings (SSSR count). The molecule has 1 aliphatic heterocycles. The summed E-state index contributed by atoms with van der Waals surface area (Å²) < 4.78 is 0. The maximum Gasteiger partial charge on any atom is 0.239 e. The highest BCUT2D eigenvalue weighted by molar-refractivity contribution is 5.81. The number of nitriles is 1. The van der Waals surface area contributed by atoms with Crippen LogP contribution in [0.25, 0.3) is 0 Å². The molecule has 15 heavy (non-hydrogen) atoms. The standard InChI is InChI=1S/C11H18N2O2/c1-9(8-12)11(15)13-6-2-4-10(13)5-3-7-14/h9-10,14H,2-7H2,1H3. The van der Waals surface area contributed by atoms with E-state index in [9.17, 15) is 4.79 Å². The van der Waals surface area contributed by atoms with Crippen molar-refractivity contribution < 1.29 is 9.90 Å². The SMILES string of the molecule is CC(C#N)C(=O)N1CCCC1CCCO. The van der Waals surface area contributed by atoms with Crippen molar-refractivity contribution in [3.05, 3.63) is 0 Å². The zero-order valence-corrected chi connectivity index (χ0v) is 9.15. The number of nitrogens with zero attached hydrogens (tertiary/aromatic N) is 2. The van der Waals surface area contributed by atoms with Gasteiger partial charge in [0.15, 0.2) is 0 Å². The first-order valence-electron chi connectivity index (χ1n) is 5.51. The molecular formula is C11H18N2O2. The fourth-order valence-electron chi connectivity index (χ4n) is 2.06. The fraction of sp³-hybridized carbons (Fsp3) is 0.818. The van der Waals surface area contributed by atoms with Crippen LogP contribution in [0.2, 0.25) is 0 Å². The van der Waals surface area contributed by atoms with Crippen LogP contribution in [-0.4, -0.2) is 35.1 Å². The maximum absolute atomic E-state index is 11.8. The third kappa shape index (κ3) is 2.93. The summed E-state index contributed by atoms with van der Waals surface area (Å²) in [5, 5.41) is 17.4. The summed E-state index contributed by atoms with van der Waals surface area (Å²) in [5.41, 5.74) is 0. The highest BCUT2D eigenvalue weighted by Gasteiger charge is 2.30. The highest BCUT2D eigenvalue weighted by Crippen LogP contribution is 2.22. The first-order chi connectivity index (χ1) is 7.20. The van der Waals surface area contributed by atoms with E-state index >= 15 is 0 Å². The summed E-state index contributed by atoms with van der Waals surface area (Å²) in [7, 11) is 0. The van der Waals surface area contributed by atoms with Crippen molar-refractivity contribution in [2.45, 2.75) is 38.6 Å². The summed E-state index contributed by atoms with van der Waals surface area (Å²) >= 11 is 0. The molecule has 2 atom stereocenters. The lowest BCUT2D eigenvalue weighted by molar-refractivity contribution is -0.134. The van der Waals surface area contributed by atoms with Gasteiger partial charge in [-0.15, -0.1) is 0 Å². The monoisotopic (exact) mass is 210 g/mol. The molecule has 84 valence electrons. The smallest absolute Gasteiger partial charge is 0.239 e. The van der Waals surface area contributed by atoms with Gasteiger partial charge in [-0.05, 0) is 32.6 Å². The van der Waals surface area contributed by atoms with Gasteiger partial charge in [0.25, 0.3) is 0 Å². The lowest BCUT2D eigenvalue weighted by Gasteiger charge is -2.25. The van der Waals surface area contributed by atoms with Crippen molar-refractivity contribution >= 4 is 5.91 Å². The van der Waals surface area contributed by atoms with E-state index in [1.807, 2.05) is 11.0 Å². The van der Waals surface area contributed by atoms with Gasteiger partial charge in [-0.3, -0.25) is 4.79 Å². The van der Waals surface area contributed by atoms with E-state index in [0.717, 1.165) is 32.2 Å². The second kappa shape index (κ2) is 5.72. The van der Waals surface area contributed by atoms with Gasteiger partial charge in [-0.25, -0.2) is 0 Å². The summed E-state index contributed by atoms with van der Waals surface area (Å²) in [6, 6.07) is 2.21. The highest BCUT2D eigenvalue weighted by atomic mass is 16.3. The van der Waals surface area contributed by atoms with E-state index in [4.69, 9.17) is 10.4 Å². The number of aliphatic hydroxyl groups excluding tert-OH is 1. The Bertz CT molecular complexity index is 260. The molecule has 4 heteroatoms. The van der Waals surface area contributed by atoms with Gasteiger partial charge in [-0.1, -0.05) is 0 Å². The number of hydrogen-bond donors (Lipinski definition) is 1. The van der Waals surface area contributed by atoms with Gasteiger partial charge >= 0.3 is 0 Å². The molecule has 0 spiro atoms. The Kier molecular flexibility index (Phi) is 4.57. The van der Waals surface area contributed by atoms with Crippen molar-refractivity contribution in [2.24, 2.45) is 5.92 Å². The van der Waals surface area contributed by atoms with Crippen molar-refractivity contribution in [1.82, 2.24) is 4.90 Å². The quantitative estimate of drug-likeness (QED) is 0.750. The molecular weight excluding hydrogens is 192 g/mol. The van der Waals surface area contributed by atoms with E-state index in [-0.39, 0.29) is 18.6 Å². The summed E-state index contributed by atoms with van der Waals surface area (Å²) in [6.45, 7) is 2.58. The third-order valence-electron chi connectivity index (χ3n) is 2.92. The van der Waals surface area contributed by atoms with Crippen LogP contribution in [0.5, 0.6) is 0 Å². The number of rotatable bonds is 4. The minimum Gasteiger partial charge on any atom is -0.396 e. The minimum atomic E-state index is -0.542. The van der Waals surface area contributed by atoms with Gasteiger partial charge in [0.05, 0.1) is 6.07 Å². The predicted octanol–water partition coefficient (Wildman–Crippen LogP) is 0.910. The third-order valence-corrected chi connectivity index (χ3v) is 2.92. The van der Waals surface area contributed by atoms with E-state index in [1.165, 1.54) is 0 Å². The molecule has 0 aromatic rings. The van der Waals surface area contributed by atoms with Crippen molar-refractivity contribution in [3.8, 4) is 6.07 Å². The minimum absolute atomic E-state index is 0.0575. The van der Waals surface area contributed by atoms with Gasteiger partial charge < -0.3 is 10.0 Å². The maximum atomic E-state index is 11.8. The molecule has 0 bridgehead atoms. The van der Waals surface area contributed by atoms with Crippen LogP contribution < -0.4 is 0 Å². The Morgan fingerprint density at radius 1 is 1.73 bits per heavy atom. The average Bonchev–Trinajstić information content (AvgIpc) is 2.72. The number of carbonyl (C=O) groups is 1. The Morgan fingerprint density at radius 2 is 2.47 bits per heavy atom. The molecule has 2 unspecified atom stereocenters. The molecule has 0 aromatic heterocycles. The van der Waals surface area contributed by atoms with Gasteiger partial charge in [-0.2, -0.15) is 5.26 Å². The van der Waals surface area contributed by atoms with E-state index < -0.39 is 5.92 Å². The fourth-order valence-corrected chi connectivity index (χ4v) is 2.06. The normalized spacial score (nSPS) is 22.5. The topological polar surface area (TPSA) is 64.3 Å². The Labute approximate surface area is 90.5 Å². The van der Waals surface area contributed by atoms with Crippen molar-refractivity contribution in [2.75, 3.05) is 13.2 Å². The second-order valence-corrected chi connectivity index (χ2v) is 4.04. The summed E-state index contributed by atoms with van der Waals surface area (Å²) in [4.78, 5) is 13.6. The van der Waals surface area contributed by atoms with Crippen LogP contribution in [0.3, 0.4) is 0 Å².